The van der Waals surface area contributed by atoms with Gasteiger partial charge in [0.15, 0.2) is 0 Å². The predicted molar refractivity (Wildman–Crippen MR) is 89.3 cm³/mol. The lowest BCUT2D eigenvalue weighted by atomic mass is 10.0. The second-order valence-corrected chi connectivity index (χ2v) is 7.03. The minimum absolute atomic E-state index is 0.0110. The van der Waals surface area contributed by atoms with Gasteiger partial charge in [-0.25, -0.2) is 0 Å². The Balaban J connectivity index is 1.73. The lowest BCUT2D eigenvalue weighted by Gasteiger charge is -2.32. The van der Waals surface area contributed by atoms with Crippen molar-refractivity contribution >= 4 is 23.2 Å². The summed E-state index contributed by atoms with van der Waals surface area (Å²) in [4.78, 5) is 28.0. The SMILES string of the molecule is CNCCCC(=O)N1CCC(NC(=O)c2ccc(C)s2)CC1. The van der Waals surface area contributed by atoms with Gasteiger partial charge in [-0.3, -0.25) is 9.59 Å². The van der Waals surface area contributed by atoms with Crippen LogP contribution in [0.3, 0.4) is 0 Å². The van der Waals surface area contributed by atoms with Crippen LogP contribution in [0.4, 0.5) is 0 Å². The maximum atomic E-state index is 12.1. The molecule has 6 heteroatoms. The summed E-state index contributed by atoms with van der Waals surface area (Å²) in [6.07, 6.45) is 3.16. The first-order valence-corrected chi connectivity index (χ1v) is 8.71. The van der Waals surface area contributed by atoms with Crippen molar-refractivity contribution in [2.75, 3.05) is 26.7 Å². The summed E-state index contributed by atoms with van der Waals surface area (Å²) in [6, 6.07) is 4.01. The number of hydrogen-bond acceptors (Lipinski definition) is 4. The van der Waals surface area contributed by atoms with Crippen LogP contribution in [-0.2, 0) is 4.79 Å². The van der Waals surface area contributed by atoms with Crippen LogP contribution >= 0.6 is 11.3 Å². The third kappa shape index (κ3) is 4.81. The van der Waals surface area contributed by atoms with Gasteiger partial charge in [-0.2, -0.15) is 0 Å². The largest absolute Gasteiger partial charge is 0.348 e. The summed E-state index contributed by atoms with van der Waals surface area (Å²) in [5, 5.41) is 6.14. The zero-order valence-electron chi connectivity index (χ0n) is 13.4. The number of aryl methyl sites for hydroxylation is 1. The molecule has 1 aliphatic heterocycles. The molecule has 1 saturated heterocycles. The molecular weight excluding hydrogens is 298 g/mol. The molecule has 22 heavy (non-hydrogen) atoms. The molecule has 0 atom stereocenters. The van der Waals surface area contributed by atoms with E-state index in [9.17, 15) is 9.59 Å². The van der Waals surface area contributed by atoms with Gasteiger partial charge in [0, 0.05) is 30.4 Å². The molecule has 122 valence electrons. The minimum Gasteiger partial charge on any atom is -0.348 e. The van der Waals surface area contributed by atoms with Crippen LogP contribution in [0.1, 0.15) is 40.2 Å². The first-order valence-electron chi connectivity index (χ1n) is 7.90. The van der Waals surface area contributed by atoms with E-state index in [1.54, 1.807) is 0 Å². The van der Waals surface area contributed by atoms with Crippen LogP contribution in [-0.4, -0.2) is 49.4 Å². The van der Waals surface area contributed by atoms with Crippen molar-refractivity contribution in [2.45, 2.75) is 38.6 Å². The van der Waals surface area contributed by atoms with Gasteiger partial charge in [-0.1, -0.05) is 0 Å². The summed E-state index contributed by atoms with van der Waals surface area (Å²) < 4.78 is 0. The highest BCUT2D eigenvalue weighted by molar-refractivity contribution is 7.13. The van der Waals surface area contributed by atoms with E-state index in [-0.39, 0.29) is 17.9 Å². The molecule has 0 radical (unpaired) electrons. The third-order valence-electron chi connectivity index (χ3n) is 3.96. The standard InChI is InChI=1S/C16H25N3O2S/c1-12-5-6-14(22-12)16(21)18-13-7-10-19(11-8-13)15(20)4-3-9-17-2/h5-6,13,17H,3-4,7-11H2,1-2H3,(H,18,21). The van der Waals surface area contributed by atoms with Crippen LogP contribution in [0.25, 0.3) is 0 Å². The van der Waals surface area contributed by atoms with Gasteiger partial charge < -0.3 is 15.5 Å². The number of nitrogens with one attached hydrogen (secondary N) is 2. The Kier molecular flexibility index (Phi) is 6.39. The average molecular weight is 323 g/mol. The molecule has 0 unspecified atom stereocenters. The number of piperidine rings is 1. The quantitative estimate of drug-likeness (QED) is 0.785. The number of nitrogens with zero attached hydrogens (tertiary/aromatic N) is 1. The lowest BCUT2D eigenvalue weighted by molar-refractivity contribution is -0.132. The number of carbonyl (C=O) groups is 2. The Morgan fingerprint density at radius 1 is 1.32 bits per heavy atom. The van der Waals surface area contributed by atoms with E-state index in [0.29, 0.717) is 6.42 Å². The minimum atomic E-state index is 0.0110. The van der Waals surface area contributed by atoms with E-state index in [1.165, 1.54) is 11.3 Å². The van der Waals surface area contributed by atoms with Gasteiger partial charge in [0.05, 0.1) is 4.88 Å². The Morgan fingerprint density at radius 2 is 2.05 bits per heavy atom. The number of likely N-dealkylation sites (tertiary alicyclic amines) is 1. The van der Waals surface area contributed by atoms with Crippen molar-refractivity contribution in [3.63, 3.8) is 0 Å². The summed E-state index contributed by atoms with van der Waals surface area (Å²) >= 11 is 1.52. The Morgan fingerprint density at radius 3 is 2.64 bits per heavy atom. The smallest absolute Gasteiger partial charge is 0.261 e. The highest BCUT2D eigenvalue weighted by Gasteiger charge is 2.24. The summed E-state index contributed by atoms with van der Waals surface area (Å²) in [6.45, 7) is 4.36. The molecule has 0 saturated carbocycles. The van der Waals surface area contributed by atoms with Crippen molar-refractivity contribution in [1.82, 2.24) is 15.5 Å². The number of carbonyl (C=O) groups excluding carboxylic acids is 2. The molecule has 0 aromatic carbocycles. The topological polar surface area (TPSA) is 61.4 Å². The Hall–Kier alpha value is -1.40. The lowest BCUT2D eigenvalue weighted by Crippen LogP contribution is -2.46. The van der Waals surface area contributed by atoms with E-state index in [2.05, 4.69) is 10.6 Å². The van der Waals surface area contributed by atoms with E-state index >= 15 is 0 Å². The van der Waals surface area contributed by atoms with Gasteiger partial charge in [-0.05, 0) is 51.9 Å². The molecule has 0 bridgehead atoms. The van der Waals surface area contributed by atoms with Crippen LogP contribution in [0.15, 0.2) is 12.1 Å². The maximum Gasteiger partial charge on any atom is 0.261 e. The summed E-state index contributed by atoms with van der Waals surface area (Å²) in [5.41, 5.74) is 0. The fraction of sp³-hybridized carbons (Fsp3) is 0.625. The van der Waals surface area contributed by atoms with E-state index in [1.807, 2.05) is 31.0 Å². The van der Waals surface area contributed by atoms with Gasteiger partial charge in [0.2, 0.25) is 5.91 Å². The monoisotopic (exact) mass is 323 g/mol. The second-order valence-electron chi connectivity index (χ2n) is 5.75. The molecular formula is C16H25N3O2S. The number of thiophene rings is 1. The molecule has 1 aromatic rings. The molecule has 2 rings (SSSR count). The summed E-state index contributed by atoms with van der Waals surface area (Å²) in [7, 11) is 1.90. The van der Waals surface area contributed by atoms with Gasteiger partial charge in [-0.15, -0.1) is 11.3 Å². The van der Waals surface area contributed by atoms with E-state index in [0.717, 1.165) is 48.7 Å². The fourth-order valence-corrected chi connectivity index (χ4v) is 3.43. The van der Waals surface area contributed by atoms with Crippen molar-refractivity contribution in [1.29, 1.82) is 0 Å². The second kappa shape index (κ2) is 8.29. The first kappa shape index (κ1) is 17.0. The van der Waals surface area contributed by atoms with Crippen LogP contribution in [0.5, 0.6) is 0 Å². The number of amides is 2. The normalized spacial score (nSPS) is 15.8. The molecule has 1 aromatic heterocycles. The Labute approximate surface area is 136 Å². The van der Waals surface area contributed by atoms with Crippen molar-refractivity contribution in [3.8, 4) is 0 Å². The zero-order chi connectivity index (χ0) is 15.9. The predicted octanol–water partition coefficient (Wildman–Crippen LogP) is 1.78. The number of hydrogen-bond donors (Lipinski definition) is 2. The molecule has 5 nitrogen and oxygen atoms in total. The molecule has 2 amide bonds. The van der Waals surface area contributed by atoms with Crippen molar-refractivity contribution in [2.24, 2.45) is 0 Å². The highest BCUT2D eigenvalue weighted by atomic mass is 32.1. The summed E-state index contributed by atoms with van der Waals surface area (Å²) in [5.74, 6) is 0.241. The van der Waals surface area contributed by atoms with Crippen molar-refractivity contribution < 1.29 is 9.59 Å². The third-order valence-corrected chi connectivity index (χ3v) is 4.96. The highest BCUT2D eigenvalue weighted by Crippen LogP contribution is 2.17. The first-order chi connectivity index (χ1) is 10.6. The maximum absolute atomic E-state index is 12.1. The zero-order valence-corrected chi connectivity index (χ0v) is 14.2. The molecule has 1 aliphatic rings. The van der Waals surface area contributed by atoms with Crippen LogP contribution in [0.2, 0.25) is 0 Å². The molecule has 0 spiro atoms. The molecule has 0 aliphatic carbocycles. The fourth-order valence-electron chi connectivity index (χ4n) is 2.66. The molecule has 2 heterocycles. The van der Waals surface area contributed by atoms with Crippen LogP contribution < -0.4 is 10.6 Å². The van der Waals surface area contributed by atoms with Crippen LogP contribution in [0, 0.1) is 6.92 Å². The number of rotatable bonds is 6. The Bertz CT molecular complexity index is 507. The molecule has 1 fully saturated rings. The van der Waals surface area contributed by atoms with E-state index in [4.69, 9.17) is 0 Å². The van der Waals surface area contributed by atoms with E-state index < -0.39 is 0 Å². The van der Waals surface area contributed by atoms with Gasteiger partial charge >= 0.3 is 0 Å². The van der Waals surface area contributed by atoms with Gasteiger partial charge in [0.1, 0.15) is 0 Å². The van der Waals surface area contributed by atoms with Gasteiger partial charge in [0.25, 0.3) is 5.91 Å². The molecule has 2 N–H and O–H groups in total. The van der Waals surface area contributed by atoms with Crippen molar-refractivity contribution in [3.05, 3.63) is 21.9 Å². The average Bonchev–Trinajstić information content (AvgIpc) is 2.95.